The summed E-state index contributed by atoms with van der Waals surface area (Å²) in [5.74, 6) is -1.50. The van der Waals surface area contributed by atoms with E-state index >= 15 is 0 Å². The Hall–Kier alpha value is -2.73. The third-order valence-corrected chi connectivity index (χ3v) is 4.71. The fraction of sp³-hybridized carbons (Fsp3) is 0.318. The third-order valence-electron chi connectivity index (χ3n) is 4.71. The van der Waals surface area contributed by atoms with Gasteiger partial charge in [0.15, 0.2) is 0 Å². The van der Waals surface area contributed by atoms with Crippen LogP contribution in [0.4, 0.5) is 14.5 Å². The summed E-state index contributed by atoms with van der Waals surface area (Å²) in [4.78, 5) is 14.4. The Morgan fingerprint density at radius 3 is 2.89 bits per heavy atom. The molecule has 1 saturated heterocycles. The van der Waals surface area contributed by atoms with E-state index in [1.807, 2.05) is 32.0 Å². The summed E-state index contributed by atoms with van der Waals surface area (Å²) >= 11 is 0. The monoisotopic (exact) mass is 386 g/mol. The van der Waals surface area contributed by atoms with Crippen molar-refractivity contribution in [3.8, 4) is 0 Å². The third kappa shape index (κ3) is 5.16. The Balaban J connectivity index is 1.64. The minimum atomic E-state index is -0.578. The molecule has 0 aliphatic carbocycles. The van der Waals surface area contributed by atoms with E-state index in [2.05, 4.69) is 16.3 Å². The number of nitrogens with zero attached hydrogens (tertiary/aromatic N) is 1. The molecule has 4 nitrogen and oxygen atoms in total. The van der Waals surface area contributed by atoms with Gasteiger partial charge in [-0.1, -0.05) is 12.1 Å². The van der Waals surface area contributed by atoms with Crippen LogP contribution in [0.2, 0.25) is 0 Å². The molecule has 2 aromatic rings. The summed E-state index contributed by atoms with van der Waals surface area (Å²) in [6.45, 7) is 6.28. The van der Waals surface area contributed by atoms with Crippen LogP contribution < -0.4 is 10.2 Å². The molecule has 2 aromatic carbocycles. The minimum absolute atomic E-state index is 0.0336. The van der Waals surface area contributed by atoms with Gasteiger partial charge in [-0.25, -0.2) is 8.78 Å². The summed E-state index contributed by atoms with van der Waals surface area (Å²) in [5.41, 5.74) is 2.09. The number of anilines is 1. The quantitative estimate of drug-likeness (QED) is 0.788. The van der Waals surface area contributed by atoms with Gasteiger partial charge in [-0.15, -0.1) is 0 Å². The summed E-state index contributed by atoms with van der Waals surface area (Å²) in [6.07, 6.45) is 2.66. The molecule has 0 aromatic heterocycles. The zero-order chi connectivity index (χ0) is 20.1. The van der Waals surface area contributed by atoms with E-state index in [1.165, 1.54) is 12.2 Å². The van der Waals surface area contributed by atoms with Crippen molar-refractivity contribution < 1.29 is 18.3 Å². The van der Waals surface area contributed by atoms with Crippen LogP contribution in [-0.2, 0) is 9.53 Å². The number of rotatable bonds is 5. The number of carbonyl (C=O) groups is 1. The standard InChI is InChI=1S/C22H24F2N2O2/c1-15-14-26(10-11-28-15)20-5-3-4-17(13-20)16(2)25-22(27)9-6-18-12-19(23)7-8-21(18)24/h3-9,12-13,15-16H,10-11,14H2,1-2H3,(H,25,27)/t15-,16?/m0/s1. The van der Waals surface area contributed by atoms with Crippen LogP contribution in [0.15, 0.2) is 48.5 Å². The molecule has 2 atom stereocenters. The maximum atomic E-state index is 13.6. The van der Waals surface area contributed by atoms with E-state index in [-0.39, 0.29) is 23.6 Å². The molecule has 148 valence electrons. The van der Waals surface area contributed by atoms with Crippen molar-refractivity contribution in [2.75, 3.05) is 24.6 Å². The maximum absolute atomic E-state index is 13.6. The van der Waals surface area contributed by atoms with Crippen molar-refractivity contribution in [2.45, 2.75) is 26.0 Å². The fourth-order valence-corrected chi connectivity index (χ4v) is 3.20. The first-order chi connectivity index (χ1) is 13.4. The number of amides is 1. The summed E-state index contributed by atoms with van der Waals surface area (Å²) in [7, 11) is 0. The number of benzene rings is 2. The van der Waals surface area contributed by atoms with Crippen molar-refractivity contribution in [1.82, 2.24) is 5.32 Å². The van der Waals surface area contributed by atoms with Crippen molar-refractivity contribution in [3.05, 3.63) is 71.3 Å². The minimum Gasteiger partial charge on any atom is -0.375 e. The summed E-state index contributed by atoms with van der Waals surface area (Å²) < 4.78 is 32.4. The number of halogens is 2. The highest BCUT2D eigenvalue weighted by Crippen LogP contribution is 2.22. The Labute approximate surface area is 163 Å². The van der Waals surface area contributed by atoms with Crippen LogP contribution in [0, 0.1) is 11.6 Å². The molecule has 1 N–H and O–H groups in total. The van der Waals surface area contributed by atoms with Crippen molar-refractivity contribution >= 4 is 17.7 Å². The van der Waals surface area contributed by atoms with Gasteiger partial charge < -0.3 is 15.0 Å². The maximum Gasteiger partial charge on any atom is 0.244 e. The van der Waals surface area contributed by atoms with E-state index in [4.69, 9.17) is 4.74 Å². The van der Waals surface area contributed by atoms with Gasteiger partial charge in [-0.3, -0.25) is 4.79 Å². The molecular formula is C22H24F2N2O2. The number of morpholine rings is 1. The van der Waals surface area contributed by atoms with Gasteiger partial charge in [-0.2, -0.15) is 0 Å². The molecule has 3 rings (SSSR count). The predicted octanol–water partition coefficient (Wildman–Crippen LogP) is 4.08. The molecular weight excluding hydrogens is 362 g/mol. The number of ether oxygens (including phenoxy) is 1. The molecule has 6 heteroatoms. The average Bonchev–Trinajstić information content (AvgIpc) is 2.69. The molecule has 1 heterocycles. The zero-order valence-electron chi connectivity index (χ0n) is 16.0. The van der Waals surface area contributed by atoms with Gasteiger partial charge in [0.2, 0.25) is 5.91 Å². The average molecular weight is 386 g/mol. The Kier molecular flexibility index (Phi) is 6.41. The van der Waals surface area contributed by atoms with E-state index in [0.717, 1.165) is 42.5 Å². The first-order valence-corrected chi connectivity index (χ1v) is 9.32. The van der Waals surface area contributed by atoms with Crippen LogP contribution in [0.3, 0.4) is 0 Å². The topological polar surface area (TPSA) is 41.6 Å². The second kappa shape index (κ2) is 8.97. The normalized spacial score (nSPS) is 18.3. The van der Waals surface area contributed by atoms with E-state index in [9.17, 15) is 13.6 Å². The predicted molar refractivity (Wildman–Crippen MR) is 106 cm³/mol. The van der Waals surface area contributed by atoms with Crippen molar-refractivity contribution in [2.24, 2.45) is 0 Å². The van der Waals surface area contributed by atoms with E-state index < -0.39 is 11.6 Å². The molecule has 1 amide bonds. The molecule has 0 radical (unpaired) electrons. The van der Waals surface area contributed by atoms with Gasteiger partial charge in [-0.05, 0) is 55.8 Å². The Bertz CT molecular complexity index is 869. The first-order valence-electron chi connectivity index (χ1n) is 9.32. The van der Waals surface area contributed by atoms with Gasteiger partial charge in [0.05, 0.1) is 18.8 Å². The molecule has 1 aliphatic rings. The van der Waals surface area contributed by atoms with Crippen molar-refractivity contribution in [3.63, 3.8) is 0 Å². The first kappa shape index (κ1) is 20.0. The molecule has 1 unspecified atom stereocenters. The van der Waals surface area contributed by atoms with E-state index in [1.54, 1.807) is 0 Å². The number of nitrogens with one attached hydrogen (secondary N) is 1. The molecule has 0 saturated carbocycles. The highest BCUT2D eigenvalue weighted by atomic mass is 19.1. The van der Waals surface area contributed by atoms with Crippen molar-refractivity contribution in [1.29, 1.82) is 0 Å². The molecule has 0 bridgehead atoms. The fourth-order valence-electron chi connectivity index (χ4n) is 3.20. The van der Waals surface area contributed by atoms with Crippen LogP contribution in [-0.4, -0.2) is 31.7 Å². The van der Waals surface area contributed by atoms with Gasteiger partial charge in [0.25, 0.3) is 0 Å². The van der Waals surface area contributed by atoms with Gasteiger partial charge >= 0.3 is 0 Å². The van der Waals surface area contributed by atoms with Crippen LogP contribution in [0.5, 0.6) is 0 Å². The highest BCUT2D eigenvalue weighted by Gasteiger charge is 2.18. The van der Waals surface area contributed by atoms with Crippen LogP contribution in [0.1, 0.15) is 31.0 Å². The molecule has 1 fully saturated rings. The summed E-state index contributed by atoms with van der Waals surface area (Å²) in [5, 5.41) is 2.85. The number of hydrogen-bond donors (Lipinski definition) is 1. The second-order valence-electron chi connectivity index (χ2n) is 6.95. The Morgan fingerprint density at radius 2 is 2.11 bits per heavy atom. The zero-order valence-corrected chi connectivity index (χ0v) is 16.0. The number of carbonyl (C=O) groups excluding carboxylic acids is 1. The molecule has 1 aliphatic heterocycles. The number of hydrogen-bond acceptors (Lipinski definition) is 3. The highest BCUT2D eigenvalue weighted by molar-refractivity contribution is 5.92. The lowest BCUT2D eigenvalue weighted by Crippen LogP contribution is -2.41. The second-order valence-corrected chi connectivity index (χ2v) is 6.95. The van der Waals surface area contributed by atoms with Crippen LogP contribution in [0.25, 0.3) is 6.08 Å². The van der Waals surface area contributed by atoms with E-state index in [0.29, 0.717) is 6.61 Å². The lowest BCUT2D eigenvalue weighted by atomic mass is 10.1. The van der Waals surface area contributed by atoms with Gasteiger partial charge in [0, 0.05) is 30.4 Å². The SMILES string of the molecule is CC(NC(=O)C=Cc1cc(F)ccc1F)c1cccc(N2CCO[C@@H](C)C2)c1. The molecule has 28 heavy (non-hydrogen) atoms. The van der Waals surface area contributed by atoms with Crippen LogP contribution >= 0.6 is 0 Å². The van der Waals surface area contributed by atoms with Gasteiger partial charge in [0.1, 0.15) is 11.6 Å². The summed E-state index contributed by atoms with van der Waals surface area (Å²) in [6, 6.07) is 10.9. The lowest BCUT2D eigenvalue weighted by Gasteiger charge is -2.33. The lowest BCUT2D eigenvalue weighted by molar-refractivity contribution is -0.117. The largest absolute Gasteiger partial charge is 0.375 e. The molecule has 0 spiro atoms. The Morgan fingerprint density at radius 1 is 1.29 bits per heavy atom. The smallest absolute Gasteiger partial charge is 0.244 e.